The summed E-state index contributed by atoms with van der Waals surface area (Å²) in [5.41, 5.74) is -0.461. The van der Waals surface area contributed by atoms with E-state index in [0.717, 1.165) is 18.6 Å². The van der Waals surface area contributed by atoms with Crippen molar-refractivity contribution < 1.29 is 8.42 Å². The van der Waals surface area contributed by atoms with E-state index in [0.29, 0.717) is 5.75 Å². The molecule has 0 aliphatic rings. The molecular weight excluding hydrogens is 244 g/mol. The van der Waals surface area contributed by atoms with E-state index >= 15 is 0 Å². The molecule has 1 N–H and O–H groups in total. The molecule has 1 unspecified atom stereocenters. The lowest BCUT2D eigenvalue weighted by molar-refractivity contribution is 0.451. The fourth-order valence-electron chi connectivity index (χ4n) is 1.08. The third-order valence-corrected chi connectivity index (χ3v) is 4.64. The lowest BCUT2D eigenvalue weighted by atomic mass is 9.99. The van der Waals surface area contributed by atoms with Gasteiger partial charge in [-0.15, -0.1) is 0 Å². The van der Waals surface area contributed by atoms with Crippen molar-refractivity contribution in [3.05, 3.63) is 0 Å². The minimum Gasteiger partial charge on any atom is -0.303 e. The summed E-state index contributed by atoms with van der Waals surface area (Å²) in [7, 11) is -1.06. The molecule has 0 aromatic heterocycles. The molecule has 6 heteroatoms. The molecule has 0 fully saturated rings. The van der Waals surface area contributed by atoms with Crippen LogP contribution in [0.25, 0.3) is 0 Å². The number of hydrogen-bond acceptors (Lipinski definition) is 5. The van der Waals surface area contributed by atoms with Crippen molar-refractivity contribution in [2.75, 3.05) is 30.6 Å². The summed E-state index contributed by atoms with van der Waals surface area (Å²) >= 11 is 1.63. The number of thioether (sulfide) groups is 1. The molecule has 0 bridgehead atoms. The average Bonchev–Trinajstić information content (AvgIpc) is 2.21. The van der Waals surface area contributed by atoms with E-state index in [1.807, 2.05) is 6.92 Å². The molecule has 0 radical (unpaired) electrons. The third-order valence-electron chi connectivity index (χ3n) is 2.36. The monoisotopic (exact) mass is 264 g/mol. The van der Waals surface area contributed by atoms with Crippen LogP contribution in [0, 0.1) is 11.3 Å². The van der Waals surface area contributed by atoms with E-state index in [-0.39, 0.29) is 5.75 Å². The topological polar surface area (TPSA) is 70.0 Å². The zero-order chi connectivity index (χ0) is 12.7. The molecule has 0 aliphatic carbocycles. The quantitative estimate of drug-likeness (QED) is 0.664. The number of rotatable bonds is 8. The predicted molar refractivity (Wildman–Crippen MR) is 69.3 cm³/mol. The van der Waals surface area contributed by atoms with Crippen molar-refractivity contribution in [2.45, 2.75) is 25.3 Å². The van der Waals surface area contributed by atoms with Crippen molar-refractivity contribution in [3.8, 4) is 6.07 Å². The number of nitrogens with zero attached hydrogens (tertiary/aromatic N) is 1. The van der Waals surface area contributed by atoms with Crippen molar-refractivity contribution in [1.29, 1.82) is 5.26 Å². The predicted octanol–water partition coefficient (Wildman–Crippen LogP) is 1.05. The molecule has 0 heterocycles. The van der Waals surface area contributed by atoms with Gasteiger partial charge < -0.3 is 5.32 Å². The Kier molecular flexibility index (Phi) is 7.04. The van der Waals surface area contributed by atoms with Gasteiger partial charge in [0.2, 0.25) is 0 Å². The van der Waals surface area contributed by atoms with Crippen LogP contribution in [0.4, 0.5) is 0 Å². The van der Waals surface area contributed by atoms with E-state index in [2.05, 4.69) is 11.4 Å². The van der Waals surface area contributed by atoms with Crippen LogP contribution < -0.4 is 5.32 Å². The molecule has 0 saturated carbocycles. The van der Waals surface area contributed by atoms with Gasteiger partial charge in [0.25, 0.3) is 0 Å². The minimum atomic E-state index is -2.83. The third kappa shape index (κ3) is 7.97. The van der Waals surface area contributed by atoms with Crippen LogP contribution in [0.1, 0.15) is 19.8 Å². The smallest absolute Gasteiger partial charge is 0.148 e. The van der Waals surface area contributed by atoms with Crippen LogP contribution in [-0.2, 0) is 9.84 Å². The van der Waals surface area contributed by atoms with Crippen molar-refractivity contribution in [1.82, 2.24) is 5.32 Å². The molecule has 0 aromatic rings. The normalized spacial score (nSPS) is 15.4. The van der Waals surface area contributed by atoms with E-state index in [1.54, 1.807) is 18.8 Å². The molecule has 16 heavy (non-hydrogen) atoms. The van der Waals surface area contributed by atoms with Crippen molar-refractivity contribution in [3.63, 3.8) is 0 Å². The maximum atomic E-state index is 10.8. The van der Waals surface area contributed by atoms with Crippen LogP contribution >= 0.6 is 11.8 Å². The van der Waals surface area contributed by atoms with Crippen LogP contribution in [0.15, 0.2) is 0 Å². The Morgan fingerprint density at radius 1 is 1.44 bits per heavy atom. The molecule has 0 saturated heterocycles. The zero-order valence-electron chi connectivity index (χ0n) is 10.1. The first kappa shape index (κ1) is 15.8. The van der Waals surface area contributed by atoms with Gasteiger partial charge in [-0.25, -0.2) is 8.42 Å². The van der Waals surface area contributed by atoms with Gasteiger partial charge in [0.1, 0.15) is 15.4 Å². The first-order valence-electron chi connectivity index (χ1n) is 5.18. The summed E-state index contributed by atoms with van der Waals surface area (Å²) in [4.78, 5) is 0. The van der Waals surface area contributed by atoms with Crippen molar-refractivity contribution in [2.24, 2.45) is 0 Å². The largest absolute Gasteiger partial charge is 0.303 e. The highest BCUT2D eigenvalue weighted by molar-refractivity contribution is 8.00. The Morgan fingerprint density at radius 2 is 2.06 bits per heavy atom. The fourth-order valence-corrected chi connectivity index (χ4v) is 3.31. The molecule has 0 amide bonds. The molecule has 0 rings (SSSR count). The highest BCUT2D eigenvalue weighted by atomic mass is 32.2. The highest BCUT2D eigenvalue weighted by Gasteiger charge is 2.19. The maximum Gasteiger partial charge on any atom is 0.148 e. The van der Waals surface area contributed by atoms with E-state index in [9.17, 15) is 8.42 Å². The molecule has 4 nitrogen and oxygen atoms in total. The van der Waals surface area contributed by atoms with Crippen LogP contribution in [0.3, 0.4) is 0 Å². The highest BCUT2D eigenvalue weighted by Crippen LogP contribution is 2.13. The summed E-state index contributed by atoms with van der Waals surface area (Å²) in [6.45, 7) is 1.87. The van der Waals surface area contributed by atoms with Gasteiger partial charge in [-0.3, -0.25) is 0 Å². The summed E-state index contributed by atoms with van der Waals surface area (Å²) in [6, 6.07) is 2.23. The Morgan fingerprint density at radius 3 is 2.50 bits per heavy atom. The number of nitrogens with one attached hydrogen (secondary N) is 1. The number of sulfone groups is 1. The first-order valence-corrected chi connectivity index (χ1v) is 8.40. The number of nitriles is 1. The van der Waals surface area contributed by atoms with Gasteiger partial charge in [0.05, 0.1) is 11.8 Å². The average molecular weight is 264 g/mol. The molecule has 0 aromatic carbocycles. The molecular formula is C10H20N2O2S2. The number of hydrogen-bond donors (Lipinski definition) is 1. The SMILES string of the molecule is CNC(C)(C#N)CCCSCCS(C)(=O)=O. The second-order valence-electron chi connectivity index (χ2n) is 4.04. The summed E-state index contributed by atoms with van der Waals surface area (Å²) < 4.78 is 21.7. The van der Waals surface area contributed by atoms with Crippen LogP contribution in [0.2, 0.25) is 0 Å². The van der Waals surface area contributed by atoms with Crippen LogP contribution in [0.5, 0.6) is 0 Å². The van der Waals surface area contributed by atoms with E-state index in [1.165, 1.54) is 6.26 Å². The maximum absolute atomic E-state index is 10.8. The second-order valence-corrected chi connectivity index (χ2v) is 7.52. The standard InChI is InChI=1S/C10H20N2O2S2/c1-10(9-11,12-2)5-4-6-15-7-8-16(3,13)14/h12H,4-8H2,1-3H3. The zero-order valence-corrected chi connectivity index (χ0v) is 11.7. The lowest BCUT2D eigenvalue weighted by Crippen LogP contribution is -2.37. The van der Waals surface area contributed by atoms with Gasteiger partial charge in [0, 0.05) is 12.0 Å². The Balaban J connectivity index is 3.59. The van der Waals surface area contributed by atoms with Gasteiger partial charge in [-0.2, -0.15) is 17.0 Å². The molecule has 0 aliphatic heterocycles. The molecule has 1 atom stereocenters. The molecule has 0 spiro atoms. The Hall–Kier alpha value is -0.250. The van der Waals surface area contributed by atoms with Gasteiger partial charge in [-0.1, -0.05) is 0 Å². The summed E-state index contributed by atoms with van der Waals surface area (Å²) in [6.07, 6.45) is 2.95. The second kappa shape index (κ2) is 7.15. The van der Waals surface area contributed by atoms with E-state index < -0.39 is 15.4 Å². The fraction of sp³-hybridized carbons (Fsp3) is 0.900. The van der Waals surface area contributed by atoms with Gasteiger partial charge >= 0.3 is 0 Å². The summed E-state index contributed by atoms with van der Waals surface area (Å²) in [5, 5.41) is 11.9. The van der Waals surface area contributed by atoms with Crippen molar-refractivity contribution >= 4 is 21.6 Å². The molecule has 94 valence electrons. The minimum absolute atomic E-state index is 0.235. The van der Waals surface area contributed by atoms with Gasteiger partial charge in [0.15, 0.2) is 0 Å². The van der Waals surface area contributed by atoms with Crippen LogP contribution in [-0.4, -0.2) is 44.5 Å². The van der Waals surface area contributed by atoms with Gasteiger partial charge in [-0.05, 0) is 32.6 Å². The van der Waals surface area contributed by atoms with E-state index in [4.69, 9.17) is 5.26 Å². The Labute approximate surface area is 103 Å². The first-order chi connectivity index (χ1) is 7.33. The lowest BCUT2D eigenvalue weighted by Gasteiger charge is -2.20. The Bertz CT molecular complexity index is 335. The summed E-state index contributed by atoms with van der Waals surface area (Å²) in [5.74, 6) is 1.77.